The Morgan fingerprint density at radius 2 is 2.07 bits per heavy atom. The zero-order valence-corrected chi connectivity index (χ0v) is 17.3. The van der Waals surface area contributed by atoms with E-state index in [1.165, 1.54) is 6.20 Å². The van der Waals surface area contributed by atoms with E-state index < -0.39 is 6.10 Å². The van der Waals surface area contributed by atoms with Crippen molar-refractivity contribution in [2.24, 2.45) is 5.92 Å². The third-order valence-corrected chi connectivity index (χ3v) is 5.45. The molecule has 0 aliphatic carbocycles. The number of halogens is 1. The molecule has 1 atom stereocenters. The van der Waals surface area contributed by atoms with Crippen molar-refractivity contribution in [3.05, 3.63) is 29.7 Å². The highest BCUT2D eigenvalue weighted by Gasteiger charge is 2.22. The van der Waals surface area contributed by atoms with Gasteiger partial charge in [0.1, 0.15) is 17.7 Å². The second kappa shape index (κ2) is 10.1. The first-order chi connectivity index (χ1) is 14.7. The summed E-state index contributed by atoms with van der Waals surface area (Å²) in [5, 5.41) is 9.70. The normalized spacial score (nSPS) is 20.0. The lowest BCUT2D eigenvalue weighted by Gasteiger charge is -2.22. The summed E-state index contributed by atoms with van der Waals surface area (Å²) in [4.78, 5) is 25.5. The summed E-state index contributed by atoms with van der Waals surface area (Å²) < 4.78 is 10.9. The number of nitrogens with zero attached hydrogens (tertiary/aromatic N) is 3. The number of pyridine rings is 1. The lowest BCUT2D eigenvalue weighted by Crippen LogP contribution is -2.45. The summed E-state index contributed by atoms with van der Waals surface area (Å²) in [5.41, 5.74) is 1.25. The first-order valence-corrected chi connectivity index (χ1v) is 10.5. The van der Waals surface area contributed by atoms with Crippen LogP contribution in [0.25, 0.3) is 11.3 Å². The quantitative estimate of drug-likeness (QED) is 0.635. The van der Waals surface area contributed by atoms with Gasteiger partial charge in [0.2, 0.25) is 0 Å². The van der Waals surface area contributed by atoms with E-state index >= 15 is 0 Å². The van der Waals surface area contributed by atoms with Crippen molar-refractivity contribution in [3.63, 3.8) is 0 Å². The fraction of sp³-hybridized carbons (Fsp3) is 0.500. The minimum absolute atomic E-state index is 0.249. The van der Waals surface area contributed by atoms with Crippen LogP contribution in [0.3, 0.4) is 0 Å². The number of hydrogen-bond donors (Lipinski definition) is 3. The van der Waals surface area contributed by atoms with Crippen molar-refractivity contribution in [2.45, 2.75) is 18.9 Å². The highest BCUT2D eigenvalue weighted by atomic mass is 35.5. The molecule has 160 valence electrons. The van der Waals surface area contributed by atoms with Gasteiger partial charge in [-0.15, -0.1) is 0 Å². The van der Waals surface area contributed by atoms with Gasteiger partial charge >= 0.3 is 0 Å². The van der Waals surface area contributed by atoms with E-state index in [2.05, 4.69) is 30.9 Å². The molecule has 30 heavy (non-hydrogen) atoms. The molecule has 2 saturated heterocycles. The Bertz CT molecular complexity index is 871. The Kier molecular flexibility index (Phi) is 7.06. The molecule has 3 N–H and O–H groups in total. The molecule has 0 radical (unpaired) electrons. The molecule has 2 aliphatic rings. The maximum absolute atomic E-state index is 12.4. The van der Waals surface area contributed by atoms with Gasteiger partial charge in [-0.25, -0.2) is 9.97 Å². The molecule has 10 heteroatoms. The van der Waals surface area contributed by atoms with Gasteiger partial charge < -0.3 is 25.4 Å². The van der Waals surface area contributed by atoms with Crippen molar-refractivity contribution in [3.8, 4) is 11.3 Å². The lowest BCUT2D eigenvalue weighted by molar-refractivity contribution is -0.128. The molecule has 4 heterocycles. The van der Waals surface area contributed by atoms with E-state index in [0.29, 0.717) is 47.0 Å². The van der Waals surface area contributed by atoms with Gasteiger partial charge in [-0.3, -0.25) is 9.78 Å². The van der Waals surface area contributed by atoms with E-state index in [9.17, 15) is 4.79 Å². The van der Waals surface area contributed by atoms with Gasteiger partial charge in [0.05, 0.1) is 29.7 Å². The topological polar surface area (TPSA) is 110 Å². The summed E-state index contributed by atoms with van der Waals surface area (Å²) in [6.45, 7) is 4.15. The molecule has 2 aliphatic heterocycles. The molecule has 2 aromatic rings. The highest BCUT2D eigenvalue weighted by Crippen LogP contribution is 2.28. The number of morpholine rings is 1. The second-order valence-electron chi connectivity index (χ2n) is 7.33. The van der Waals surface area contributed by atoms with Crippen LogP contribution in [0, 0.1) is 5.92 Å². The minimum atomic E-state index is -0.544. The highest BCUT2D eigenvalue weighted by molar-refractivity contribution is 6.33. The van der Waals surface area contributed by atoms with Crippen LogP contribution in [0.5, 0.6) is 0 Å². The number of aromatic nitrogens is 3. The Morgan fingerprint density at radius 1 is 1.20 bits per heavy atom. The molecular weight excluding hydrogens is 408 g/mol. The summed E-state index contributed by atoms with van der Waals surface area (Å²) in [6.07, 6.45) is 6.36. The summed E-state index contributed by atoms with van der Waals surface area (Å²) >= 11 is 6.36. The largest absolute Gasteiger partial charge is 0.381 e. The Hall–Kier alpha value is -2.33. The molecule has 1 amide bonds. The lowest BCUT2D eigenvalue weighted by atomic mass is 10.0. The SMILES string of the molecule is O=C(Nc1cc(-c2cncc(NCC3CCOCC3)n2)c(Cl)cn1)C1CNCCO1. The average molecular weight is 433 g/mol. The zero-order chi connectivity index (χ0) is 20.8. The Labute approximate surface area is 179 Å². The minimum Gasteiger partial charge on any atom is -0.381 e. The average Bonchev–Trinajstić information content (AvgIpc) is 2.80. The van der Waals surface area contributed by atoms with Crippen molar-refractivity contribution in [1.29, 1.82) is 0 Å². The van der Waals surface area contributed by atoms with Gasteiger partial charge in [-0.05, 0) is 24.8 Å². The fourth-order valence-electron chi connectivity index (χ4n) is 3.42. The Morgan fingerprint density at radius 3 is 2.87 bits per heavy atom. The molecule has 9 nitrogen and oxygen atoms in total. The molecular formula is C20H25ClN6O3. The van der Waals surface area contributed by atoms with Gasteiger partial charge in [0.25, 0.3) is 5.91 Å². The van der Waals surface area contributed by atoms with Crippen LogP contribution >= 0.6 is 11.6 Å². The number of amides is 1. The number of ether oxygens (including phenoxy) is 2. The van der Waals surface area contributed by atoms with Gasteiger partial charge in [-0.1, -0.05) is 11.6 Å². The third-order valence-electron chi connectivity index (χ3n) is 5.15. The number of carbonyl (C=O) groups excluding carboxylic acids is 1. The molecule has 1 unspecified atom stereocenters. The van der Waals surface area contributed by atoms with E-state index in [0.717, 1.165) is 39.1 Å². The van der Waals surface area contributed by atoms with Crippen molar-refractivity contribution < 1.29 is 14.3 Å². The van der Waals surface area contributed by atoms with Crippen LogP contribution in [-0.2, 0) is 14.3 Å². The predicted molar refractivity (Wildman–Crippen MR) is 114 cm³/mol. The fourth-order valence-corrected chi connectivity index (χ4v) is 3.62. The number of hydrogen-bond acceptors (Lipinski definition) is 8. The molecule has 2 fully saturated rings. The molecule has 4 rings (SSSR count). The van der Waals surface area contributed by atoms with E-state index in [-0.39, 0.29) is 5.91 Å². The molecule has 0 bridgehead atoms. The first-order valence-electron chi connectivity index (χ1n) is 10.1. The van der Waals surface area contributed by atoms with Crippen LogP contribution in [0.1, 0.15) is 12.8 Å². The third kappa shape index (κ3) is 5.42. The smallest absolute Gasteiger partial charge is 0.255 e. The molecule has 0 saturated carbocycles. The number of nitrogens with one attached hydrogen (secondary N) is 3. The van der Waals surface area contributed by atoms with Crippen molar-refractivity contribution in [1.82, 2.24) is 20.3 Å². The Balaban J connectivity index is 1.45. The number of rotatable bonds is 6. The maximum atomic E-state index is 12.4. The maximum Gasteiger partial charge on any atom is 0.255 e. The number of anilines is 2. The van der Waals surface area contributed by atoms with Crippen LogP contribution in [0.2, 0.25) is 5.02 Å². The monoisotopic (exact) mass is 432 g/mol. The van der Waals surface area contributed by atoms with Crippen molar-refractivity contribution >= 4 is 29.1 Å². The van der Waals surface area contributed by atoms with Gasteiger partial charge in [0, 0.05) is 44.6 Å². The second-order valence-corrected chi connectivity index (χ2v) is 7.74. The van der Waals surface area contributed by atoms with Crippen LogP contribution in [0.4, 0.5) is 11.6 Å². The number of carbonyl (C=O) groups is 1. The van der Waals surface area contributed by atoms with Crippen LogP contribution < -0.4 is 16.0 Å². The first kappa shape index (κ1) is 20.9. The van der Waals surface area contributed by atoms with E-state index in [4.69, 9.17) is 21.1 Å². The van der Waals surface area contributed by atoms with Crippen LogP contribution in [0.15, 0.2) is 24.7 Å². The summed E-state index contributed by atoms with van der Waals surface area (Å²) in [5.74, 6) is 1.38. The summed E-state index contributed by atoms with van der Waals surface area (Å²) in [6, 6.07) is 1.70. The summed E-state index contributed by atoms with van der Waals surface area (Å²) in [7, 11) is 0. The standard InChI is InChI=1S/C20H25ClN6O3/c21-15-9-25-18(27-20(28)17-11-22-3-6-30-17)7-14(15)16-10-23-12-19(26-16)24-8-13-1-4-29-5-2-13/h7,9-10,12-13,17,22H,1-6,8,11H2,(H,24,26)(H,25,27,28). The predicted octanol–water partition coefficient (Wildman–Crippen LogP) is 1.96. The molecule has 0 spiro atoms. The zero-order valence-electron chi connectivity index (χ0n) is 16.6. The van der Waals surface area contributed by atoms with E-state index in [1.807, 2.05) is 0 Å². The van der Waals surface area contributed by atoms with Gasteiger partial charge in [-0.2, -0.15) is 0 Å². The molecule has 0 aromatic carbocycles. The van der Waals surface area contributed by atoms with E-state index in [1.54, 1.807) is 18.5 Å². The van der Waals surface area contributed by atoms with Crippen molar-refractivity contribution in [2.75, 3.05) is 50.1 Å². The van der Waals surface area contributed by atoms with Gasteiger partial charge in [0.15, 0.2) is 0 Å². The molecule has 2 aromatic heterocycles. The van der Waals surface area contributed by atoms with Crippen LogP contribution in [-0.4, -0.2) is 66.4 Å².